The van der Waals surface area contributed by atoms with Gasteiger partial charge in [-0.25, -0.2) is 13.6 Å². The van der Waals surface area contributed by atoms with Crippen LogP contribution in [0.2, 0.25) is 5.02 Å². The zero-order valence-corrected chi connectivity index (χ0v) is 10.4. The Bertz CT molecular complexity index is 648. The van der Waals surface area contributed by atoms with Gasteiger partial charge in [0.1, 0.15) is 0 Å². The fourth-order valence-corrected chi connectivity index (χ4v) is 2.16. The summed E-state index contributed by atoms with van der Waals surface area (Å²) in [5.41, 5.74) is 0.708. The molecule has 8 heteroatoms. The molecule has 0 spiro atoms. The lowest BCUT2D eigenvalue weighted by Crippen LogP contribution is -2.17. The van der Waals surface area contributed by atoms with Crippen molar-refractivity contribution < 1.29 is 8.42 Å². The first-order chi connectivity index (χ1) is 7.89. The molecule has 0 saturated heterocycles. The van der Waals surface area contributed by atoms with Crippen LogP contribution in [0.15, 0.2) is 29.4 Å². The second-order valence-electron chi connectivity index (χ2n) is 3.42. The maximum atomic E-state index is 11.2. The number of halogens is 1. The maximum Gasteiger partial charge on any atom is 0.273 e. The highest BCUT2D eigenvalue weighted by molar-refractivity contribution is 7.89. The molecule has 90 valence electrons. The van der Waals surface area contributed by atoms with E-state index in [0.29, 0.717) is 16.4 Å². The molecule has 1 aromatic heterocycles. The van der Waals surface area contributed by atoms with Crippen LogP contribution in [-0.2, 0) is 17.1 Å². The molecule has 6 nitrogen and oxygen atoms in total. The summed E-state index contributed by atoms with van der Waals surface area (Å²) in [7, 11) is -2.33. The fourth-order valence-electron chi connectivity index (χ4n) is 1.41. The molecule has 2 rings (SSSR count). The van der Waals surface area contributed by atoms with Crippen LogP contribution in [0.4, 0.5) is 0 Å². The van der Waals surface area contributed by atoms with Gasteiger partial charge in [-0.1, -0.05) is 11.6 Å². The Morgan fingerprint density at radius 3 is 2.29 bits per heavy atom. The summed E-state index contributed by atoms with van der Waals surface area (Å²) in [5, 5.41) is 12.7. The lowest BCUT2D eigenvalue weighted by molar-refractivity contribution is 0.580. The molecular weight excluding hydrogens is 264 g/mol. The van der Waals surface area contributed by atoms with E-state index in [1.807, 2.05) is 0 Å². The van der Waals surface area contributed by atoms with Crippen molar-refractivity contribution >= 4 is 21.6 Å². The lowest BCUT2D eigenvalue weighted by Gasteiger charge is -2.02. The van der Waals surface area contributed by atoms with E-state index in [4.69, 9.17) is 16.7 Å². The summed E-state index contributed by atoms with van der Waals surface area (Å²) >= 11 is 5.76. The summed E-state index contributed by atoms with van der Waals surface area (Å²) in [5.74, 6) is 0.408. The Kier molecular flexibility index (Phi) is 2.90. The van der Waals surface area contributed by atoms with Crippen molar-refractivity contribution in [1.29, 1.82) is 0 Å². The minimum absolute atomic E-state index is 0.276. The molecule has 0 unspecified atom stereocenters. The van der Waals surface area contributed by atoms with Gasteiger partial charge in [-0.15, -0.1) is 10.2 Å². The first kappa shape index (κ1) is 12.0. The van der Waals surface area contributed by atoms with Gasteiger partial charge in [0, 0.05) is 17.6 Å². The molecule has 2 aromatic rings. The average molecular weight is 273 g/mol. The van der Waals surface area contributed by atoms with Gasteiger partial charge < -0.3 is 0 Å². The van der Waals surface area contributed by atoms with Crippen molar-refractivity contribution in [3.05, 3.63) is 29.3 Å². The van der Waals surface area contributed by atoms with Gasteiger partial charge >= 0.3 is 0 Å². The third-order valence-corrected chi connectivity index (χ3v) is 3.31. The quantitative estimate of drug-likeness (QED) is 0.875. The third kappa shape index (κ3) is 2.31. The summed E-state index contributed by atoms with van der Waals surface area (Å²) in [6.07, 6.45) is 0. The molecule has 0 aliphatic carbocycles. The van der Waals surface area contributed by atoms with Crippen molar-refractivity contribution in [2.45, 2.75) is 5.16 Å². The van der Waals surface area contributed by atoms with Crippen LogP contribution in [-0.4, -0.2) is 23.2 Å². The monoisotopic (exact) mass is 272 g/mol. The first-order valence-corrected chi connectivity index (χ1v) is 6.50. The van der Waals surface area contributed by atoms with Crippen LogP contribution < -0.4 is 5.14 Å². The van der Waals surface area contributed by atoms with Gasteiger partial charge in [0.25, 0.3) is 15.2 Å². The lowest BCUT2D eigenvalue weighted by atomic mass is 10.2. The molecule has 17 heavy (non-hydrogen) atoms. The van der Waals surface area contributed by atoms with E-state index in [2.05, 4.69) is 10.2 Å². The van der Waals surface area contributed by atoms with Crippen LogP contribution in [0.3, 0.4) is 0 Å². The molecule has 0 radical (unpaired) electrons. The Morgan fingerprint density at radius 1 is 1.24 bits per heavy atom. The third-order valence-electron chi connectivity index (χ3n) is 2.19. The van der Waals surface area contributed by atoms with Gasteiger partial charge in [0.05, 0.1) is 0 Å². The van der Waals surface area contributed by atoms with Crippen LogP contribution in [0, 0.1) is 0 Å². The number of nitrogens with zero attached hydrogens (tertiary/aromatic N) is 3. The maximum absolute atomic E-state index is 11.2. The van der Waals surface area contributed by atoms with Crippen molar-refractivity contribution in [3.8, 4) is 11.4 Å². The van der Waals surface area contributed by atoms with Gasteiger partial charge in [-0.2, -0.15) is 0 Å². The highest BCUT2D eigenvalue weighted by atomic mass is 35.5. The molecule has 0 aliphatic rings. The standard InChI is InChI=1S/C9H9ClN4O2S/c1-14-8(6-2-4-7(10)5-3-6)12-13-9(14)17(11,15)16/h2-5H,1H3,(H2,11,15,16). The SMILES string of the molecule is Cn1c(-c2ccc(Cl)cc2)nnc1S(N)(=O)=O. The predicted octanol–water partition coefficient (Wildman–Crippen LogP) is 0.783. The summed E-state index contributed by atoms with van der Waals surface area (Å²) < 4.78 is 23.7. The molecule has 0 amide bonds. The average Bonchev–Trinajstić information content (AvgIpc) is 2.61. The molecular formula is C9H9ClN4O2S. The minimum Gasteiger partial charge on any atom is -0.300 e. The number of primary sulfonamides is 1. The summed E-state index contributed by atoms with van der Waals surface area (Å²) in [6.45, 7) is 0. The summed E-state index contributed by atoms with van der Waals surface area (Å²) in [4.78, 5) is 0. The van der Waals surface area contributed by atoms with Crippen molar-refractivity contribution in [2.75, 3.05) is 0 Å². The number of hydrogen-bond donors (Lipinski definition) is 1. The van der Waals surface area contributed by atoms with E-state index in [9.17, 15) is 8.42 Å². The minimum atomic E-state index is -3.87. The fraction of sp³-hybridized carbons (Fsp3) is 0.111. The van der Waals surface area contributed by atoms with E-state index in [1.54, 1.807) is 24.3 Å². The molecule has 0 saturated carbocycles. The van der Waals surface area contributed by atoms with Gasteiger partial charge in [0.15, 0.2) is 5.82 Å². The molecule has 0 atom stereocenters. The first-order valence-electron chi connectivity index (χ1n) is 4.58. The highest BCUT2D eigenvalue weighted by Gasteiger charge is 2.19. The number of hydrogen-bond acceptors (Lipinski definition) is 4. The number of sulfonamides is 1. The predicted molar refractivity (Wildman–Crippen MR) is 62.8 cm³/mol. The van der Waals surface area contributed by atoms with E-state index >= 15 is 0 Å². The molecule has 2 N–H and O–H groups in total. The number of nitrogens with two attached hydrogens (primary N) is 1. The molecule has 1 heterocycles. The Morgan fingerprint density at radius 2 is 1.82 bits per heavy atom. The van der Waals surface area contributed by atoms with E-state index in [1.165, 1.54) is 11.6 Å². The zero-order chi connectivity index (χ0) is 12.6. The van der Waals surface area contributed by atoms with Crippen LogP contribution in [0.5, 0.6) is 0 Å². The smallest absolute Gasteiger partial charge is 0.273 e. The number of aromatic nitrogens is 3. The topological polar surface area (TPSA) is 90.9 Å². The number of rotatable bonds is 2. The van der Waals surface area contributed by atoms with Crippen molar-refractivity contribution in [3.63, 3.8) is 0 Å². The molecule has 1 aromatic carbocycles. The number of benzene rings is 1. The second kappa shape index (κ2) is 4.10. The van der Waals surface area contributed by atoms with Crippen molar-refractivity contribution in [1.82, 2.24) is 14.8 Å². The van der Waals surface area contributed by atoms with Crippen LogP contribution in [0.1, 0.15) is 0 Å². The Hall–Kier alpha value is -1.44. The van der Waals surface area contributed by atoms with Gasteiger partial charge in [-0.05, 0) is 24.3 Å². The molecule has 0 aliphatic heterocycles. The van der Waals surface area contributed by atoms with E-state index in [0.717, 1.165) is 0 Å². The van der Waals surface area contributed by atoms with Gasteiger partial charge in [0.2, 0.25) is 0 Å². The van der Waals surface area contributed by atoms with Crippen LogP contribution >= 0.6 is 11.6 Å². The van der Waals surface area contributed by atoms with Crippen LogP contribution in [0.25, 0.3) is 11.4 Å². The highest BCUT2D eigenvalue weighted by Crippen LogP contribution is 2.20. The molecule has 0 fully saturated rings. The van der Waals surface area contributed by atoms with Crippen molar-refractivity contribution in [2.24, 2.45) is 12.2 Å². The zero-order valence-electron chi connectivity index (χ0n) is 8.83. The molecule has 0 bridgehead atoms. The second-order valence-corrected chi connectivity index (χ2v) is 5.31. The Balaban J connectivity index is 2.55. The van der Waals surface area contributed by atoms with E-state index in [-0.39, 0.29) is 5.16 Å². The largest absolute Gasteiger partial charge is 0.300 e. The van der Waals surface area contributed by atoms with Gasteiger partial charge in [-0.3, -0.25) is 4.57 Å². The normalized spacial score (nSPS) is 11.7. The summed E-state index contributed by atoms with van der Waals surface area (Å²) in [6, 6.07) is 6.81. The Labute approximate surface area is 103 Å². The van der Waals surface area contributed by atoms with E-state index < -0.39 is 10.0 Å².